The van der Waals surface area contributed by atoms with Gasteiger partial charge in [-0.25, -0.2) is 9.48 Å². The highest BCUT2D eigenvalue weighted by Gasteiger charge is 2.23. The van der Waals surface area contributed by atoms with E-state index in [4.69, 9.17) is 15.2 Å². The van der Waals surface area contributed by atoms with Crippen LogP contribution in [0.1, 0.15) is 32.0 Å². The van der Waals surface area contributed by atoms with Gasteiger partial charge >= 0.3 is 5.97 Å². The van der Waals surface area contributed by atoms with E-state index in [0.29, 0.717) is 22.9 Å². The summed E-state index contributed by atoms with van der Waals surface area (Å²) in [5.74, 6) is -0.321. The average Bonchev–Trinajstić information content (AvgIpc) is 3.03. The molecule has 0 radical (unpaired) electrons. The van der Waals surface area contributed by atoms with Crippen LogP contribution in [0, 0.1) is 13.8 Å². The minimum absolute atomic E-state index is 0.236. The Kier molecular flexibility index (Phi) is 5.54. The van der Waals surface area contributed by atoms with Gasteiger partial charge in [-0.15, -0.1) is 0 Å². The van der Waals surface area contributed by atoms with Crippen molar-refractivity contribution in [1.82, 2.24) is 9.78 Å². The summed E-state index contributed by atoms with van der Waals surface area (Å²) in [6.45, 7) is 3.64. The summed E-state index contributed by atoms with van der Waals surface area (Å²) in [5.41, 5.74) is 8.73. The van der Waals surface area contributed by atoms with Crippen molar-refractivity contribution in [3.05, 3.63) is 64.8 Å². The number of para-hydroxylation sites is 1. The Labute approximate surface area is 168 Å². The van der Waals surface area contributed by atoms with Gasteiger partial charge in [0, 0.05) is 0 Å². The van der Waals surface area contributed by atoms with E-state index >= 15 is 0 Å². The molecular formula is C21H22N4O4. The van der Waals surface area contributed by atoms with E-state index in [0.717, 1.165) is 11.3 Å². The quantitative estimate of drug-likeness (QED) is 0.622. The number of hydrogen-bond donors (Lipinski definition) is 2. The van der Waals surface area contributed by atoms with Gasteiger partial charge in [-0.1, -0.05) is 18.2 Å². The number of nitrogens with one attached hydrogen (secondary N) is 1. The van der Waals surface area contributed by atoms with Crippen LogP contribution in [-0.2, 0) is 4.74 Å². The molecule has 3 rings (SSSR count). The smallest absolute Gasteiger partial charge is 0.340 e. The predicted molar refractivity (Wildman–Crippen MR) is 109 cm³/mol. The second-order valence-electron chi connectivity index (χ2n) is 6.40. The lowest BCUT2D eigenvalue weighted by atomic mass is 10.1. The number of aryl methyl sites for hydroxylation is 2. The normalized spacial score (nSPS) is 10.5. The van der Waals surface area contributed by atoms with Gasteiger partial charge in [-0.3, -0.25) is 4.79 Å². The number of anilines is 2. The van der Waals surface area contributed by atoms with Crippen LogP contribution in [-0.4, -0.2) is 35.9 Å². The largest absolute Gasteiger partial charge is 0.497 e. The van der Waals surface area contributed by atoms with Gasteiger partial charge in [0.05, 0.1) is 36.9 Å². The van der Waals surface area contributed by atoms with E-state index in [9.17, 15) is 9.59 Å². The van der Waals surface area contributed by atoms with E-state index in [2.05, 4.69) is 10.4 Å². The zero-order valence-electron chi connectivity index (χ0n) is 16.6. The number of hydrogen-bond acceptors (Lipinski definition) is 6. The SMILES string of the molecule is COC(=O)c1cc(OC)ccc1Nc1c(C(N)=O)c(C)nn1-c1ccccc1C. The molecule has 8 nitrogen and oxygen atoms in total. The molecule has 3 N–H and O–H groups in total. The number of methoxy groups -OCH3 is 2. The number of rotatable bonds is 6. The van der Waals surface area contributed by atoms with Crippen molar-refractivity contribution in [2.24, 2.45) is 5.73 Å². The summed E-state index contributed by atoms with van der Waals surface area (Å²) in [6, 6.07) is 12.5. The molecule has 150 valence electrons. The molecule has 0 aliphatic rings. The minimum atomic E-state index is -0.627. The maximum atomic E-state index is 12.3. The second-order valence-corrected chi connectivity index (χ2v) is 6.40. The van der Waals surface area contributed by atoms with Crippen LogP contribution in [0.5, 0.6) is 5.75 Å². The monoisotopic (exact) mass is 394 g/mol. The minimum Gasteiger partial charge on any atom is -0.497 e. The van der Waals surface area contributed by atoms with Gasteiger partial charge < -0.3 is 20.5 Å². The molecule has 0 saturated heterocycles. The first-order valence-corrected chi connectivity index (χ1v) is 8.86. The maximum absolute atomic E-state index is 12.3. The maximum Gasteiger partial charge on any atom is 0.340 e. The number of nitrogens with two attached hydrogens (primary N) is 1. The zero-order chi connectivity index (χ0) is 21.1. The van der Waals surface area contributed by atoms with E-state index in [-0.39, 0.29) is 11.1 Å². The molecule has 29 heavy (non-hydrogen) atoms. The molecule has 0 atom stereocenters. The van der Waals surface area contributed by atoms with Crippen molar-refractivity contribution in [2.45, 2.75) is 13.8 Å². The number of ether oxygens (including phenoxy) is 2. The van der Waals surface area contributed by atoms with E-state index in [1.807, 2.05) is 31.2 Å². The number of benzene rings is 2. The van der Waals surface area contributed by atoms with Crippen LogP contribution in [0.2, 0.25) is 0 Å². The second kappa shape index (κ2) is 8.05. The van der Waals surface area contributed by atoms with Crippen LogP contribution in [0.4, 0.5) is 11.5 Å². The highest BCUT2D eigenvalue weighted by atomic mass is 16.5. The van der Waals surface area contributed by atoms with Gasteiger partial charge in [0.25, 0.3) is 5.91 Å². The number of carbonyl (C=O) groups is 2. The number of amides is 1. The summed E-state index contributed by atoms with van der Waals surface area (Å²) in [4.78, 5) is 24.4. The standard InChI is InChI=1S/C21H22N4O4/c1-12-7-5-6-8-17(12)25-20(18(19(22)26)13(2)24-25)23-16-10-9-14(28-3)11-15(16)21(27)29-4/h5-11,23H,1-4H3,(H2,22,26). The third-order valence-corrected chi connectivity index (χ3v) is 4.54. The van der Waals surface area contributed by atoms with Gasteiger partial charge in [-0.05, 0) is 43.7 Å². The predicted octanol–water partition coefficient (Wildman–Crippen LogP) is 3.13. The highest BCUT2D eigenvalue weighted by Crippen LogP contribution is 2.31. The van der Waals surface area contributed by atoms with Gasteiger partial charge in [0.15, 0.2) is 0 Å². The molecular weight excluding hydrogens is 372 g/mol. The number of esters is 1. The molecule has 1 aromatic heterocycles. The van der Waals surface area contributed by atoms with Crippen LogP contribution in [0.25, 0.3) is 5.69 Å². The fourth-order valence-electron chi connectivity index (χ4n) is 3.08. The molecule has 0 fully saturated rings. The van der Waals surface area contributed by atoms with Crippen molar-refractivity contribution >= 4 is 23.4 Å². The molecule has 1 heterocycles. The fourth-order valence-corrected chi connectivity index (χ4v) is 3.08. The van der Waals surface area contributed by atoms with Crippen molar-refractivity contribution in [3.8, 4) is 11.4 Å². The molecule has 3 aromatic rings. The van der Waals surface area contributed by atoms with Crippen LogP contribution < -0.4 is 15.8 Å². The first-order valence-electron chi connectivity index (χ1n) is 8.86. The Morgan fingerprint density at radius 2 is 1.83 bits per heavy atom. The zero-order valence-corrected chi connectivity index (χ0v) is 16.6. The van der Waals surface area contributed by atoms with E-state index in [1.165, 1.54) is 14.2 Å². The van der Waals surface area contributed by atoms with Crippen molar-refractivity contribution < 1.29 is 19.1 Å². The van der Waals surface area contributed by atoms with Gasteiger partial charge in [0.2, 0.25) is 0 Å². The lowest BCUT2D eigenvalue weighted by Crippen LogP contribution is -2.15. The summed E-state index contributed by atoms with van der Waals surface area (Å²) < 4.78 is 11.7. The Morgan fingerprint density at radius 3 is 2.45 bits per heavy atom. The number of nitrogens with zero attached hydrogens (tertiary/aromatic N) is 2. The Bertz CT molecular complexity index is 1090. The molecule has 1 amide bonds. The summed E-state index contributed by atoms with van der Waals surface area (Å²) in [6.07, 6.45) is 0. The number of primary amides is 1. The Morgan fingerprint density at radius 1 is 1.10 bits per heavy atom. The van der Waals surface area contributed by atoms with E-state index < -0.39 is 11.9 Å². The summed E-state index contributed by atoms with van der Waals surface area (Å²) >= 11 is 0. The molecule has 2 aromatic carbocycles. The lowest BCUT2D eigenvalue weighted by molar-refractivity contribution is 0.0601. The lowest BCUT2D eigenvalue weighted by Gasteiger charge is -2.15. The molecule has 0 unspecified atom stereocenters. The van der Waals surface area contributed by atoms with Crippen molar-refractivity contribution in [2.75, 3.05) is 19.5 Å². The molecule has 0 bridgehead atoms. The molecule has 0 aliphatic carbocycles. The number of carbonyl (C=O) groups excluding carboxylic acids is 2. The number of aromatic nitrogens is 2. The third kappa shape index (κ3) is 3.77. The van der Waals surface area contributed by atoms with Gasteiger partial charge in [0.1, 0.15) is 17.1 Å². The molecule has 0 saturated carbocycles. The molecule has 8 heteroatoms. The summed E-state index contributed by atoms with van der Waals surface area (Å²) in [7, 11) is 2.80. The Balaban J connectivity index is 2.21. The summed E-state index contributed by atoms with van der Waals surface area (Å²) in [5, 5.41) is 7.65. The average molecular weight is 394 g/mol. The molecule has 0 aliphatic heterocycles. The first-order chi connectivity index (χ1) is 13.9. The van der Waals surface area contributed by atoms with Crippen molar-refractivity contribution in [3.63, 3.8) is 0 Å². The van der Waals surface area contributed by atoms with Crippen LogP contribution >= 0.6 is 0 Å². The third-order valence-electron chi connectivity index (χ3n) is 4.54. The van der Waals surface area contributed by atoms with Crippen LogP contribution in [0.3, 0.4) is 0 Å². The Hall–Kier alpha value is -3.81. The van der Waals surface area contributed by atoms with Gasteiger partial charge in [-0.2, -0.15) is 5.10 Å². The first kappa shape index (κ1) is 19.9. The highest BCUT2D eigenvalue weighted by molar-refractivity contribution is 6.02. The fraction of sp³-hybridized carbons (Fsp3) is 0.190. The van der Waals surface area contributed by atoms with E-state index in [1.54, 1.807) is 29.8 Å². The van der Waals surface area contributed by atoms with Crippen LogP contribution in [0.15, 0.2) is 42.5 Å². The van der Waals surface area contributed by atoms with Crippen molar-refractivity contribution in [1.29, 1.82) is 0 Å². The topological polar surface area (TPSA) is 108 Å². The molecule has 0 spiro atoms.